The molecule has 0 aromatic heterocycles. The number of hydrogen-bond acceptors (Lipinski definition) is 2. The van der Waals surface area contributed by atoms with Gasteiger partial charge in [0, 0.05) is 11.1 Å². The molecule has 3 fully saturated rings. The Labute approximate surface area is 107 Å². The Balaban J connectivity index is 1.79. The summed E-state index contributed by atoms with van der Waals surface area (Å²) < 4.78 is 0. The second kappa shape index (κ2) is 4.60. The van der Waals surface area contributed by atoms with Crippen LogP contribution in [0.4, 0.5) is 0 Å². The minimum Gasteiger partial charge on any atom is -0.391 e. The van der Waals surface area contributed by atoms with Gasteiger partial charge >= 0.3 is 0 Å². The summed E-state index contributed by atoms with van der Waals surface area (Å²) in [6.07, 6.45) is 3.01. The van der Waals surface area contributed by atoms with Crippen molar-refractivity contribution in [1.29, 1.82) is 0 Å². The number of piperidine rings is 3. The van der Waals surface area contributed by atoms with Crippen molar-refractivity contribution in [1.82, 2.24) is 4.90 Å². The van der Waals surface area contributed by atoms with Gasteiger partial charge in [-0.15, -0.1) is 0 Å². The second-order valence-electron chi connectivity index (χ2n) is 5.23. The van der Waals surface area contributed by atoms with Crippen LogP contribution in [0.1, 0.15) is 18.4 Å². The van der Waals surface area contributed by atoms with E-state index in [1.165, 1.54) is 0 Å². The largest absolute Gasteiger partial charge is 0.391 e. The minimum atomic E-state index is -0.172. The SMILES string of the molecule is OC1C2CCN(CC2)C1Cc1ccccc1Cl. The highest BCUT2D eigenvalue weighted by Gasteiger charge is 2.41. The third-order valence-electron chi connectivity index (χ3n) is 4.31. The Morgan fingerprint density at radius 3 is 2.59 bits per heavy atom. The van der Waals surface area contributed by atoms with Crippen LogP contribution in [0.3, 0.4) is 0 Å². The Kier molecular flexibility index (Phi) is 3.12. The molecule has 2 atom stereocenters. The van der Waals surface area contributed by atoms with Crippen molar-refractivity contribution in [3.8, 4) is 0 Å². The van der Waals surface area contributed by atoms with Crippen molar-refractivity contribution in [3.05, 3.63) is 34.9 Å². The van der Waals surface area contributed by atoms with Crippen molar-refractivity contribution < 1.29 is 5.11 Å². The highest BCUT2D eigenvalue weighted by Crippen LogP contribution is 2.34. The predicted octanol–water partition coefficient (Wildman–Crippen LogP) is 2.34. The van der Waals surface area contributed by atoms with Gasteiger partial charge in [0.05, 0.1) is 6.10 Å². The van der Waals surface area contributed by atoms with Crippen molar-refractivity contribution in [3.63, 3.8) is 0 Å². The molecule has 1 N–H and O–H groups in total. The summed E-state index contributed by atoms with van der Waals surface area (Å²) in [4.78, 5) is 2.42. The molecule has 0 spiro atoms. The van der Waals surface area contributed by atoms with Crippen LogP contribution in [-0.4, -0.2) is 35.2 Å². The lowest BCUT2D eigenvalue weighted by molar-refractivity contribution is -0.0715. The van der Waals surface area contributed by atoms with E-state index in [0.29, 0.717) is 5.92 Å². The Morgan fingerprint density at radius 1 is 1.24 bits per heavy atom. The predicted molar refractivity (Wildman–Crippen MR) is 69.2 cm³/mol. The van der Waals surface area contributed by atoms with Gasteiger partial charge in [0.2, 0.25) is 0 Å². The summed E-state index contributed by atoms with van der Waals surface area (Å²) >= 11 is 6.19. The fourth-order valence-electron chi connectivity index (χ4n) is 3.26. The molecule has 3 aliphatic heterocycles. The van der Waals surface area contributed by atoms with Gasteiger partial charge in [-0.05, 0) is 49.9 Å². The molecule has 2 unspecified atom stereocenters. The Hall–Kier alpha value is -0.570. The lowest BCUT2D eigenvalue weighted by atomic mass is 9.78. The normalized spacial score (nSPS) is 36.1. The maximum absolute atomic E-state index is 10.3. The molecule has 0 saturated carbocycles. The summed E-state index contributed by atoms with van der Waals surface area (Å²) in [5.74, 6) is 0.507. The molecule has 1 aromatic carbocycles. The van der Waals surface area contributed by atoms with Crippen molar-refractivity contribution in [2.75, 3.05) is 13.1 Å². The number of aliphatic hydroxyl groups is 1. The molecular formula is C14H18ClNO. The van der Waals surface area contributed by atoms with Crippen LogP contribution < -0.4 is 0 Å². The maximum Gasteiger partial charge on any atom is 0.0727 e. The highest BCUT2D eigenvalue weighted by atomic mass is 35.5. The van der Waals surface area contributed by atoms with Crippen LogP contribution in [0.25, 0.3) is 0 Å². The van der Waals surface area contributed by atoms with Gasteiger partial charge in [0.25, 0.3) is 0 Å². The van der Waals surface area contributed by atoms with Crippen LogP contribution in [0, 0.1) is 5.92 Å². The Bertz CT molecular complexity index is 399. The van der Waals surface area contributed by atoms with Crippen molar-refractivity contribution >= 4 is 11.6 Å². The first-order chi connectivity index (χ1) is 8.25. The molecule has 4 rings (SSSR count). The summed E-state index contributed by atoms with van der Waals surface area (Å²) in [7, 11) is 0. The summed E-state index contributed by atoms with van der Waals surface area (Å²) in [6, 6.07) is 8.24. The van der Waals surface area contributed by atoms with E-state index in [4.69, 9.17) is 11.6 Å². The number of nitrogens with zero attached hydrogens (tertiary/aromatic N) is 1. The molecule has 2 nitrogen and oxygen atoms in total. The van der Waals surface area contributed by atoms with Gasteiger partial charge in [-0.3, -0.25) is 4.90 Å². The summed E-state index contributed by atoms with van der Waals surface area (Å²) in [5, 5.41) is 11.1. The Morgan fingerprint density at radius 2 is 1.94 bits per heavy atom. The molecule has 92 valence electrons. The van der Waals surface area contributed by atoms with Crippen LogP contribution in [-0.2, 0) is 6.42 Å². The number of halogens is 1. The summed E-state index contributed by atoms with van der Waals surface area (Å²) in [6.45, 7) is 2.27. The first-order valence-electron chi connectivity index (χ1n) is 6.41. The lowest BCUT2D eigenvalue weighted by Gasteiger charge is -2.49. The third kappa shape index (κ3) is 2.10. The lowest BCUT2D eigenvalue weighted by Crippen LogP contribution is -2.58. The average Bonchev–Trinajstić information content (AvgIpc) is 2.36. The minimum absolute atomic E-state index is 0.172. The van der Waals surface area contributed by atoms with E-state index in [-0.39, 0.29) is 12.1 Å². The molecular weight excluding hydrogens is 234 g/mol. The van der Waals surface area contributed by atoms with E-state index < -0.39 is 0 Å². The van der Waals surface area contributed by atoms with E-state index in [2.05, 4.69) is 11.0 Å². The topological polar surface area (TPSA) is 23.5 Å². The molecule has 3 saturated heterocycles. The molecule has 1 aromatic rings. The van der Waals surface area contributed by atoms with Gasteiger partial charge in [-0.1, -0.05) is 29.8 Å². The number of rotatable bonds is 2. The molecule has 0 amide bonds. The zero-order valence-electron chi connectivity index (χ0n) is 9.85. The molecule has 17 heavy (non-hydrogen) atoms. The van der Waals surface area contributed by atoms with E-state index >= 15 is 0 Å². The molecule has 0 radical (unpaired) electrons. The number of benzene rings is 1. The highest BCUT2D eigenvalue weighted by molar-refractivity contribution is 6.31. The van der Waals surface area contributed by atoms with Gasteiger partial charge in [0.1, 0.15) is 0 Å². The monoisotopic (exact) mass is 251 g/mol. The van der Waals surface area contributed by atoms with E-state index in [1.807, 2.05) is 18.2 Å². The smallest absolute Gasteiger partial charge is 0.0727 e. The standard InChI is InChI=1S/C14H18ClNO/c15-12-4-2-1-3-11(12)9-13-14(17)10-5-7-16(13)8-6-10/h1-4,10,13-14,17H,5-9H2. The van der Waals surface area contributed by atoms with Crippen LogP contribution >= 0.6 is 11.6 Å². The fraction of sp³-hybridized carbons (Fsp3) is 0.571. The first kappa shape index (κ1) is 11.5. The number of hydrogen-bond donors (Lipinski definition) is 1. The van der Waals surface area contributed by atoms with E-state index in [0.717, 1.165) is 42.9 Å². The van der Waals surface area contributed by atoms with Crippen molar-refractivity contribution in [2.45, 2.75) is 31.4 Å². The van der Waals surface area contributed by atoms with Gasteiger partial charge in [-0.25, -0.2) is 0 Å². The van der Waals surface area contributed by atoms with E-state index in [9.17, 15) is 5.11 Å². The van der Waals surface area contributed by atoms with E-state index in [1.54, 1.807) is 0 Å². The van der Waals surface area contributed by atoms with Crippen molar-refractivity contribution in [2.24, 2.45) is 5.92 Å². The third-order valence-corrected chi connectivity index (χ3v) is 4.68. The number of fused-ring (bicyclic) bond motifs is 3. The molecule has 3 aliphatic rings. The number of aliphatic hydroxyl groups excluding tert-OH is 1. The van der Waals surface area contributed by atoms with Crippen LogP contribution in [0.2, 0.25) is 5.02 Å². The second-order valence-corrected chi connectivity index (χ2v) is 5.63. The molecule has 3 heteroatoms. The fourth-order valence-corrected chi connectivity index (χ4v) is 3.47. The maximum atomic E-state index is 10.3. The van der Waals surface area contributed by atoms with Crippen LogP contribution in [0.15, 0.2) is 24.3 Å². The van der Waals surface area contributed by atoms with Gasteiger partial charge in [-0.2, -0.15) is 0 Å². The first-order valence-corrected chi connectivity index (χ1v) is 6.79. The molecule has 3 heterocycles. The molecule has 0 aliphatic carbocycles. The molecule has 2 bridgehead atoms. The zero-order valence-corrected chi connectivity index (χ0v) is 10.6. The van der Waals surface area contributed by atoms with Gasteiger partial charge < -0.3 is 5.11 Å². The van der Waals surface area contributed by atoms with Crippen LogP contribution in [0.5, 0.6) is 0 Å². The zero-order chi connectivity index (χ0) is 11.8. The summed E-state index contributed by atoms with van der Waals surface area (Å²) in [5.41, 5.74) is 1.16. The van der Waals surface area contributed by atoms with Gasteiger partial charge in [0.15, 0.2) is 0 Å². The average molecular weight is 252 g/mol. The quantitative estimate of drug-likeness (QED) is 0.872.